The second-order valence-electron chi connectivity index (χ2n) is 7.46. The molecule has 0 fully saturated rings. The first-order chi connectivity index (χ1) is 13.8. The minimum Gasteiger partial charge on any atom is -0.422 e. The van der Waals surface area contributed by atoms with Crippen molar-refractivity contribution < 1.29 is 32.3 Å². The molecule has 2 aromatic rings. The zero-order valence-electron chi connectivity index (χ0n) is 16.4. The molecular weight excluding hydrogens is 485 g/mol. The van der Waals surface area contributed by atoms with Crippen LogP contribution in [0.15, 0.2) is 34.8 Å². The normalized spacial score (nSPS) is 14.1. The van der Waals surface area contributed by atoms with Crippen molar-refractivity contribution in [3.05, 3.63) is 45.9 Å². The predicted molar refractivity (Wildman–Crippen MR) is 110 cm³/mol. The van der Waals surface area contributed by atoms with Gasteiger partial charge in [0.25, 0.3) is 0 Å². The Morgan fingerprint density at radius 3 is 2.53 bits per heavy atom. The summed E-state index contributed by atoms with van der Waals surface area (Å²) < 4.78 is 50.9. The van der Waals surface area contributed by atoms with Gasteiger partial charge in [0.15, 0.2) is 0 Å². The van der Waals surface area contributed by atoms with Crippen molar-refractivity contribution in [3.8, 4) is 6.07 Å². The Balaban J connectivity index is 2.26. The van der Waals surface area contributed by atoms with E-state index < -0.39 is 37.2 Å². The molecule has 30 heavy (non-hydrogen) atoms. The summed E-state index contributed by atoms with van der Waals surface area (Å²) in [5.74, 6) is 0. The number of nitriles is 1. The third-order valence-corrected chi connectivity index (χ3v) is 5.91. The smallest absolute Gasteiger partial charge is 0.409 e. The van der Waals surface area contributed by atoms with Gasteiger partial charge in [-0.25, -0.2) is 4.79 Å². The number of hydrogen-bond acceptors (Lipinski definition) is 5. The van der Waals surface area contributed by atoms with E-state index in [1.54, 1.807) is 39.0 Å². The van der Waals surface area contributed by atoms with Crippen LogP contribution in [0.4, 0.5) is 13.6 Å². The molecule has 0 aromatic heterocycles. The van der Waals surface area contributed by atoms with E-state index in [2.05, 4.69) is 30.5 Å². The monoisotopic (exact) mass is 504 g/mol. The van der Waals surface area contributed by atoms with Gasteiger partial charge in [-0.2, -0.15) is 14.0 Å². The van der Waals surface area contributed by atoms with Crippen LogP contribution in [0.1, 0.15) is 31.9 Å². The van der Waals surface area contributed by atoms with Crippen LogP contribution in [-0.2, 0) is 25.9 Å². The van der Waals surface area contributed by atoms with Crippen LogP contribution < -0.4 is 5.32 Å². The number of alkyl carbamates (subject to hydrolysis) is 1. The lowest BCUT2D eigenvalue weighted by atomic mass is 10.0. The number of fused-ring (bicyclic) bond motifs is 1. The zero-order chi connectivity index (χ0) is 22.7. The van der Waals surface area contributed by atoms with Gasteiger partial charge in [0.1, 0.15) is 0 Å². The number of nitrogens with one attached hydrogen (secondary N) is 1. The molecule has 1 unspecified atom stereocenters. The highest BCUT2D eigenvalue weighted by atomic mass is 79.9. The topological polar surface area (TPSA) is 109 Å². The van der Waals surface area contributed by atoms with Gasteiger partial charge >= 0.3 is 19.4 Å². The van der Waals surface area contributed by atoms with E-state index in [1.807, 2.05) is 6.07 Å². The summed E-state index contributed by atoms with van der Waals surface area (Å²) in [5.41, 5.74) is -5.10. The third kappa shape index (κ3) is 5.76. The van der Waals surface area contributed by atoms with E-state index in [9.17, 15) is 23.0 Å². The lowest BCUT2D eigenvalue weighted by molar-refractivity contribution is 0.00510. The maximum absolute atomic E-state index is 14.9. The van der Waals surface area contributed by atoms with Crippen LogP contribution >= 0.6 is 23.5 Å². The molecule has 2 aromatic carbocycles. The van der Waals surface area contributed by atoms with Crippen molar-refractivity contribution in [2.24, 2.45) is 0 Å². The van der Waals surface area contributed by atoms with Gasteiger partial charge in [0.05, 0.1) is 12.5 Å². The molecule has 162 valence electrons. The fourth-order valence-corrected chi connectivity index (χ4v) is 4.09. The molecule has 11 heteroatoms. The van der Waals surface area contributed by atoms with E-state index >= 15 is 0 Å². The summed E-state index contributed by atoms with van der Waals surface area (Å²) in [4.78, 5) is 21.4. The second-order valence-corrected chi connectivity index (χ2v) is 10.2. The van der Waals surface area contributed by atoms with E-state index in [4.69, 9.17) is 5.26 Å². The summed E-state index contributed by atoms with van der Waals surface area (Å²) in [6.45, 7) is 3.86. The Hall–Kier alpha value is -2.05. The van der Waals surface area contributed by atoms with Crippen LogP contribution in [0, 0.1) is 11.3 Å². The summed E-state index contributed by atoms with van der Waals surface area (Å²) in [7, 11) is -5.57. The highest BCUT2D eigenvalue weighted by Gasteiger charge is 2.54. The molecule has 0 aliphatic heterocycles. The number of halogens is 3. The van der Waals surface area contributed by atoms with Gasteiger partial charge < -0.3 is 14.9 Å². The average Bonchev–Trinajstić information content (AvgIpc) is 2.59. The average molecular weight is 505 g/mol. The summed E-state index contributed by atoms with van der Waals surface area (Å²) in [5, 5.41) is 12.2. The fourth-order valence-electron chi connectivity index (χ4n) is 2.48. The Labute approximate surface area is 180 Å². The number of alkyl halides is 2. The largest absolute Gasteiger partial charge is 0.422 e. The molecule has 2 N–H and O–H groups in total. The molecule has 0 saturated heterocycles. The highest BCUT2D eigenvalue weighted by Crippen LogP contribution is 2.64. The molecular formula is C19H20BrF2N2O5P. The van der Waals surface area contributed by atoms with Crippen molar-refractivity contribution in [3.63, 3.8) is 0 Å². The SMILES string of the molecule is CC(C)(C)NC(=O)OCOP(=O)(O)C(F)(F)c1cc2cc(CC#N)ccc2cc1Br. The van der Waals surface area contributed by atoms with Gasteiger partial charge in [-0.3, -0.25) is 9.09 Å². The van der Waals surface area contributed by atoms with Crippen LogP contribution in [0.25, 0.3) is 10.8 Å². The van der Waals surface area contributed by atoms with Gasteiger partial charge in [-0.1, -0.05) is 34.1 Å². The highest BCUT2D eigenvalue weighted by molar-refractivity contribution is 9.10. The van der Waals surface area contributed by atoms with E-state index in [0.717, 1.165) is 6.07 Å². The number of nitrogens with zero attached hydrogens (tertiary/aromatic N) is 1. The van der Waals surface area contributed by atoms with Crippen molar-refractivity contribution >= 4 is 40.4 Å². The molecule has 0 radical (unpaired) electrons. The van der Waals surface area contributed by atoms with Gasteiger partial charge in [-0.05, 0) is 49.2 Å². The standard InChI is InChI=1S/C19H20BrF2N2O5P/c1-18(2,3)24-17(25)28-11-29-30(26,27)19(21,22)15-9-14-8-12(6-7-23)4-5-13(14)10-16(15)20/h4-5,8-10H,6,11H2,1-3H3,(H,24,25)(H,26,27). The molecule has 2 rings (SSSR count). The zero-order valence-corrected chi connectivity index (χ0v) is 18.9. The number of carbonyl (C=O) groups is 1. The predicted octanol–water partition coefficient (Wildman–Crippen LogP) is 5.40. The molecule has 0 bridgehead atoms. The van der Waals surface area contributed by atoms with Crippen LogP contribution in [0.2, 0.25) is 0 Å². The quantitative estimate of drug-likeness (QED) is 0.402. The Kier molecular flexibility index (Phi) is 7.25. The molecule has 1 amide bonds. The minimum atomic E-state index is -5.57. The molecule has 0 spiro atoms. The van der Waals surface area contributed by atoms with E-state index in [1.165, 1.54) is 6.07 Å². The molecule has 0 saturated carbocycles. The maximum Gasteiger partial charge on any atom is 0.409 e. The Morgan fingerprint density at radius 1 is 1.27 bits per heavy atom. The molecule has 1 atom stereocenters. The van der Waals surface area contributed by atoms with E-state index in [0.29, 0.717) is 16.3 Å². The van der Waals surface area contributed by atoms with Crippen LogP contribution in [0.5, 0.6) is 0 Å². The maximum atomic E-state index is 14.9. The number of benzene rings is 2. The molecule has 0 aliphatic rings. The van der Waals surface area contributed by atoms with Crippen molar-refractivity contribution in [1.29, 1.82) is 5.26 Å². The summed E-state index contributed by atoms with van der Waals surface area (Å²) >= 11 is 3.00. The van der Waals surface area contributed by atoms with Crippen molar-refractivity contribution in [1.82, 2.24) is 5.32 Å². The number of amides is 1. The Morgan fingerprint density at radius 2 is 1.93 bits per heavy atom. The fraction of sp³-hybridized carbons (Fsp3) is 0.368. The summed E-state index contributed by atoms with van der Waals surface area (Å²) in [6, 6.07) is 9.30. The number of carbonyl (C=O) groups excluding carboxylic acids is 1. The van der Waals surface area contributed by atoms with Gasteiger partial charge in [0.2, 0.25) is 6.79 Å². The molecule has 0 heterocycles. The summed E-state index contributed by atoms with van der Waals surface area (Å²) in [6.07, 6.45) is -0.893. The minimum absolute atomic E-state index is 0.0906. The number of ether oxygens (including phenoxy) is 1. The molecule has 7 nitrogen and oxygen atoms in total. The lowest BCUT2D eigenvalue weighted by Gasteiger charge is -2.24. The van der Waals surface area contributed by atoms with Gasteiger partial charge in [0, 0.05) is 15.6 Å². The third-order valence-electron chi connectivity index (χ3n) is 3.85. The molecule has 0 aliphatic carbocycles. The lowest BCUT2D eigenvalue weighted by Crippen LogP contribution is -2.41. The first kappa shape index (κ1) is 24.2. The Bertz CT molecular complexity index is 1050. The van der Waals surface area contributed by atoms with Crippen molar-refractivity contribution in [2.75, 3.05) is 6.79 Å². The second kappa shape index (κ2) is 8.98. The van der Waals surface area contributed by atoms with Crippen molar-refractivity contribution in [2.45, 2.75) is 38.4 Å². The number of hydrogen-bond donors (Lipinski definition) is 2. The van der Waals surface area contributed by atoms with Crippen LogP contribution in [0.3, 0.4) is 0 Å². The number of rotatable bonds is 6. The van der Waals surface area contributed by atoms with Crippen LogP contribution in [-0.4, -0.2) is 23.3 Å². The first-order valence-corrected chi connectivity index (χ1v) is 11.0. The van der Waals surface area contributed by atoms with E-state index in [-0.39, 0.29) is 10.9 Å². The first-order valence-electron chi connectivity index (χ1n) is 8.66. The van der Waals surface area contributed by atoms with Gasteiger partial charge in [-0.15, -0.1) is 0 Å².